The third-order valence-electron chi connectivity index (χ3n) is 4.14. The third kappa shape index (κ3) is 6.25. The fraction of sp³-hybridized carbons (Fsp3) is 0.227. The van der Waals surface area contributed by atoms with E-state index in [0.29, 0.717) is 46.3 Å². The third-order valence-corrected chi connectivity index (χ3v) is 5.16. The molecule has 0 aliphatic heterocycles. The molecule has 0 aliphatic carbocycles. The van der Waals surface area contributed by atoms with Gasteiger partial charge in [0.15, 0.2) is 11.5 Å². The summed E-state index contributed by atoms with van der Waals surface area (Å²) in [4.78, 5) is 4.02. The van der Waals surface area contributed by atoms with Crippen molar-refractivity contribution in [1.82, 2.24) is 10.3 Å². The van der Waals surface area contributed by atoms with E-state index >= 15 is 0 Å². The van der Waals surface area contributed by atoms with Crippen LogP contribution >= 0.6 is 34.8 Å². The van der Waals surface area contributed by atoms with E-state index in [9.17, 15) is 0 Å². The van der Waals surface area contributed by atoms with Crippen LogP contribution in [0.1, 0.15) is 23.6 Å². The number of rotatable bonds is 9. The Hall–Kier alpha value is -1.98. The Labute approximate surface area is 185 Å². The van der Waals surface area contributed by atoms with Crippen LogP contribution in [0.5, 0.6) is 11.5 Å². The molecule has 152 valence electrons. The van der Waals surface area contributed by atoms with Crippen molar-refractivity contribution in [1.29, 1.82) is 0 Å². The van der Waals surface area contributed by atoms with Crippen molar-refractivity contribution in [2.75, 3.05) is 6.61 Å². The van der Waals surface area contributed by atoms with Gasteiger partial charge >= 0.3 is 0 Å². The molecule has 4 nitrogen and oxygen atoms in total. The van der Waals surface area contributed by atoms with E-state index in [0.717, 1.165) is 23.2 Å². The zero-order chi connectivity index (χ0) is 20.6. The van der Waals surface area contributed by atoms with Crippen LogP contribution < -0.4 is 14.8 Å². The van der Waals surface area contributed by atoms with Crippen LogP contribution in [-0.4, -0.2) is 11.6 Å². The number of nitrogens with zero attached hydrogens (tertiary/aromatic N) is 1. The number of ether oxygens (including phenoxy) is 2. The van der Waals surface area contributed by atoms with Crippen LogP contribution in [0, 0.1) is 0 Å². The van der Waals surface area contributed by atoms with Gasteiger partial charge in [0.2, 0.25) is 0 Å². The Kier molecular flexibility index (Phi) is 8.01. The van der Waals surface area contributed by atoms with Crippen LogP contribution in [0.4, 0.5) is 0 Å². The first-order valence-corrected chi connectivity index (χ1v) is 10.3. The molecule has 0 bridgehead atoms. The second-order valence-electron chi connectivity index (χ2n) is 6.33. The highest BCUT2D eigenvalue weighted by Gasteiger charge is 2.13. The van der Waals surface area contributed by atoms with E-state index in [1.165, 1.54) is 0 Å². The van der Waals surface area contributed by atoms with Gasteiger partial charge in [0.25, 0.3) is 0 Å². The molecule has 0 saturated heterocycles. The minimum Gasteiger partial charge on any atom is -0.490 e. The fourth-order valence-electron chi connectivity index (χ4n) is 2.76. The summed E-state index contributed by atoms with van der Waals surface area (Å²) in [5, 5.41) is 4.88. The van der Waals surface area contributed by atoms with E-state index in [4.69, 9.17) is 44.3 Å². The summed E-state index contributed by atoms with van der Waals surface area (Å²) < 4.78 is 11.7. The van der Waals surface area contributed by atoms with Gasteiger partial charge in [-0.25, -0.2) is 0 Å². The Morgan fingerprint density at radius 3 is 2.24 bits per heavy atom. The zero-order valence-corrected chi connectivity index (χ0v) is 18.2. The van der Waals surface area contributed by atoms with Crippen molar-refractivity contribution in [2.45, 2.75) is 26.6 Å². The first-order chi connectivity index (χ1) is 14.1. The Balaban J connectivity index is 1.69. The zero-order valence-electron chi connectivity index (χ0n) is 15.9. The maximum Gasteiger partial charge on any atom is 0.180 e. The molecule has 0 fully saturated rings. The molecule has 0 atom stereocenters. The minimum absolute atomic E-state index is 0.302. The molecule has 2 aromatic carbocycles. The molecule has 0 unspecified atom stereocenters. The molecule has 1 heterocycles. The lowest BCUT2D eigenvalue weighted by Crippen LogP contribution is -2.13. The Morgan fingerprint density at radius 2 is 1.52 bits per heavy atom. The van der Waals surface area contributed by atoms with Gasteiger partial charge in [-0.15, -0.1) is 0 Å². The second-order valence-corrected chi connectivity index (χ2v) is 7.56. The molecule has 29 heavy (non-hydrogen) atoms. The van der Waals surface area contributed by atoms with Crippen LogP contribution in [0.3, 0.4) is 0 Å². The summed E-state index contributed by atoms with van der Waals surface area (Å²) >= 11 is 18.5. The highest BCUT2D eigenvalue weighted by molar-refractivity contribution is 6.42. The molecule has 0 saturated carbocycles. The fourth-order valence-corrected chi connectivity index (χ4v) is 3.37. The van der Waals surface area contributed by atoms with Crippen LogP contribution in [0.2, 0.25) is 15.1 Å². The van der Waals surface area contributed by atoms with Crippen LogP contribution in [-0.2, 0) is 19.7 Å². The normalized spacial score (nSPS) is 10.8. The minimum atomic E-state index is 0.302. The van der Waals surface area contributed by atoms with E-state index in [2.05, 4.69) is 10.3 Å². The van der Waals surface area contributed by atoms with E-state index in [1.807, 2.05) is 37.3 Å². The van der Waals surface area contributed by atoms with Crippen LogP contribution in [0.15, 0.2) is 54.9 Å². The number of nitrogens with one attached hydrogen (secondary N) is 1. The average molecular weight is 452 g/mol. The summed E-state index contributed by atoms with van der Waals surface area (Å²) in [5.41, 5.74) is 3.06. The van der Waals surface area contributed by atoms with Crippen molar-refractivity contribution in [3.8, 4) is 11.5 Å². The number of benzene rings is 2. The van der Waals surface area contributed by atoms with Crippen molar-refractivity contribution in [3.63, 3.8) is 0 Å². The largest absolute Gasteiger partial charge is 0.490 e. The lowest BCUT2D eigenvalue weighted by atomic mass is 10.2. The quantitative estimate of drug-likeness (QED) is 0.414. The van der Waals surface area contributed by atoms with E-state index in [-0.39, 0.29) is 0 Å². The number of hydrogen-bond donors (Lipinski definition) is 1. The lowest BCUT2D eigenvalue weighted by molar-refractivity contribution is 0.269. The molecule has 7 heteroatoms. The summed E-state index contributed by atoms with van der Waals surface area (Å²) in [6.45, 7) is 4.11. The molecule has 3 aromatic rings. The number of aromatic nitrogens is 1. The first kappa shape index (κ1) is 21.7. The second kappa shape index (κ2) is 10.7. The van der Waals surface area contributed by atoms with Gasteiger partial charge in [-0.1, -0.05) is 40.9 Å². The molecule has 0 amide bonds. The Bertz CT molecular complexity index is 952. The molecule has 0 aliphatic rings. The molecule has 3 rings (SSSR count). The molecule has 1 aromatic heterocycles. The predicted octanol–water partition coefficient (Wildman–Crippen LogP) is 6.31. The van der Waals surface area contributed by atoms with E-state index in [1.54, 1.807) is 24.5 Å². The Morgan fingerprint density at radius 1 is 0.793 bits per heavy atom. The molecular weight excluding hydrogens is 431 g/mol. The van der Waals surface area contributed by atoms with Gasteiger partial charge in [-0.3, -0.25) is 4.98 Å². The lowest BCUT2D eigenvalue weighted by Gasteiger charge is -2.16. The van der Waals surface area contributed by atoms with Gasteiger partial charge in [-0.05, 0) is 60.0 Å². The molecule has 0 radical (unpaired) electrons. The van der Waals surface area contributed by atoms with Crippen LogP contribution in [0.25, 0.3) is 0 Å². The maximum atomic E-state index is 6.50. The first-order valence-electron chi connectivity index (χ1n) is 9.18. The van der Waals surface area contributed by atoms with E-state index < -0.39 is 0 Å². The topological polar surface area (TPSA) is 43.4 Å². The number of pyridine rings is 1. The maximum absolute atomic E-state index is 6.50. The average Bonchev–Trinajstić information content (AvgIpc) is 2.71. The van der Waals surface area contributed by atoms with Crippen molar-refractivity contribution >= 4 is 34.8 Å². The highest BCUT2D eigenvalue weighted by Crippen LogP contribution is 2.37. The van der Waals surface area contributed by atoms with Gasteiger partial charge in [0.05, 0.1) is 21.7 Å². The summed E-state index contributed by atoms with van der Waals surface area (Å²) in [7, 11) is 0. The highest BCUT2D eigenvalue weighted by atomic mass is 35.5. The summed E-state index contributed by atoms with van der Waals surface area (Å²) in [5.74, 6) is 1.12. The van der Waals surface area contributed by atoms with Gasteiger partial charge in [0, 0.05) is 25.5 Å². The smallest absolute Gasteiger partial charge is 0.180 e. The van der Waals surface area contributed by atoms with Crippen molar-refractivity contribution in [2.24, 2.45) is 0 Å². The SMILES string of the molecule is CCOc1cc(CNCc2ccncc2)cc(Cl)c1OCc1ccc(Cl)c(Cl)c1. The summed E-state index contributed by atoms with van der Waals surface area (Å²) in [6, 6.07) is 13.2. The summed E-state index contributed by atoms with van der Waals surface area (Å²) in [6.07, 6.45) is 3.56. The standard InChI is InChI=1S/C22H21Cl3N2O2/c1-2-28-21-11-17(13-27-12-15-5-7-26-8-6-15)10-20(25)22(21)29-14-16-3-4-18(23)19(24)9-16/h3-11,27H,2,12-14H2,1H3. The van der Waals surface area contributed by atoms with Crippen molar-refractivity contribution in [3.05, 3.63) is 86.6 Å². The van der Waals surface area contributed by atoms with Gasteiger partial charge in [0.1, 0.15) is 6.61 Å². The molecule has 1 N–H and O–H groups in total. The van der Waals surface area contributed by atoms with Crippen molar-refractivity contribution < 1.29 is 9.47 Å². The predicted molar refractivity (Wildman–Crippen MR) is 118 cm³/mol. The number of hydrogen-bond acceptors (Lipinski definition) is 4. The van der Waals surface area contributed by atoms with Gasteiger partial charge in [-0.2, -0.15) is 0 Å². The molecular formula is C22H21Cl3N2O2. The monoisotopic (exact) mass is 450 g/mol. The van der Waals surface area contributed by atoms with Gasteiger partial charge < -0.3 is 14.8 Å². The number of halogens is 3. The molecule has 0 spiro atoms.